The quantitative estimate of drug-likeness (QED) is 0.851. The number of hydrogen-bond donors (Lipinski definition) is 1. The van der Waals surface area contributed by atoms with Gasteiger partial charge in [-0.05, 0) is 25.2 Å². The molecule has 94 valence electrons. The highest BCUT2D eigenvalue weighted by atomic mass is 16.1. The molecule has 1 aliphatic carbocycles. The molecule has 2 rings (SSSR count). The zero-order valence-electron chi connectivity index (χ0n) is 10.6. The van der Waals surface area contributed by atoms with Crippen LogP contribution in [-0.2, 0) is 6.54 Å². The minimum Gasteiger partial charge on any atom is -0.381 e. The van der Waals surface area contributed by atoms with Crippen molar-refractivity contribution < 1.29 is 0 Å². The molecule has 0 amide bonds. The van der Waals surface area contributed by atoms with E-state index < -0.39 is 0 Å². The van der Waals surface area contributed by atoms with E-state index in [1.54, 1.807) is 16.9 Å². The van der Waals surface area contributed by atoms with Crippen LogP contribution in [0.1, 0.15) is 39.5 Å². The molecule has 1 aromatic rings. The lowest BCUT2D eigenvalue weighted by atomic mass is 9.93. The molecule has 1 fully saturated rings. The van der Waals surface area contributed by atoms with Crippen molar-refractivity contribution in [1.82, 2.24) is 9.78 Å². The van der Waals surface area contributed by atoms with Crippen molar-refractivity contribution in [3.05, 3.63) is 22.6 Å². The third kappa shape index (κ3) is 3.08. The van der Waals surface area contributed by atoms with Gasteiger partial charge in [0.25, 0.3) is 5.56 Å². The fraction of sp³-hybridized carbons (Fsp3) is 0.692. The van der Waals surface area contributed by atoms with Gasteiger partial charge < -0.3 is 5.32 Å². The fourth-order valence-corrected chi connectivity index (χ4v) is 1.86. The third-order valence-electron chi connectivity index (χ3n) is 3.53. The van der Waals surface area contributed by atoms with Crippen LogP contribution >= 0.6 is 0 Å². The van der Waals surface area contributed by atoms with Gasteiger partial charge >= 0.3 is 0 Å². The molecule has 17 heavy (non-hydrogen) atoms. The Morgan fingerprint density at radius 2 is 2.35 bits per heavy atom. The van der Waals surface area contributed by atoms with Crippen molar-refractivity contribution >= 4 is 5.69 Å². The summed E-state index contributed by atoms with van der Waals surface area (Å²) in [5.41, 5.74) is 0.856. The van der Waals surface area contributed by atoms with E-state index in [1.807, 2.05) is 0 Å². The Kier molecular flexibility index (Phi) is 3.82. The summed E-state index contributed by atoms with van der Waals surface area (Å²) in [5.74, 6) is 0.491. The van der Waals surface area contributed by atoms with Gasteiger partial charge in [-0.15, -0.1) is 0 Å². The number of hydrogen-bond acceptors (Lipinski definition) is 3. The molecule has 0 spiro atoms. The van der Waals surface area contributed by atoms with Crippen molar-refractivity contribution in [3.8, 4) is 0 Å². The standard InChI is InChI=1S/C13H21N3O/c1-3-10(2)9-16-13(17)7-12(8-14-16)15-11-5-4-6-11/h7-8,10-11,15H,3-6,9H2,1-2H3. The molecule has 0 saturated heterocycles. The van der Waals surface area contributed by atoms with Crippen LogP contribution in [0.15, 0.2) is 17.1 Å². The van der Waals surface area contributed by atoms with Crippen LogP contribution in [0.4, 0.5) is 5.69 Å². The maximum Gasteiger partial charge on any atom is 0.268 e. The Labute approximate surface area is 102 Å². The highest BCUT2D eigenvalue weighted by Gasteiger charge is 2.17. The molecule has 1 atom stereocenters. The van der Waals surface area contributed by atoms with Crippen molar-refractivity contribution in [1.29, 1.82) is 0 Å². The van der Waals surface area contributed by atoms with Crippen LogP contribution in [0.25, 0.3) is 0 Å². The number of nitrogens with one attached hydrogen (secondary N) is 1. The normalized spacial score (nSPS) is 17.5. The summed E-state index contributed by atoms with van der Waals surface area (Å²) in [6, 6.07) is 2.20. The van der Waals surface area contributed by atoms with E-state index in [0.29, 0.717) is 18.5 Å². The Balaban J connectivity index is 2.02. The lowest BCUT2D eigenvalue weighted by molar-refractivity contribution is 0.422. The molecular weight excluding hydrogens is 214 g/mol. The zero-order chi connectivity index (χ0) is 12.3. The molecule has 1 N–H and O–H groups in total. The third-order valence-corrected chi connectivity index (χ3v) is 3.53. The second-order valence-corrected chi connectivity index (χ2v) is 5.05. The van der Waals surface area contributed by atoms with Crippen LogP contribution in [0.2, 0.25) is 0 Å². The SMILES string of the molecule is CCC(C)Cn1ncc(NC2CCC2)cc1=O. The van der Waals surface area contributed by atoms with Crippen LogP contribution in [0, 0.1) is 5.92 Å². The number of aromatic nitrogens is 2. The maximum absolute atomic E-state index is 11.8. The monoisotopic (exact) mass is 235 g/mol. The van der Waals surface area contributed by atoms with Crippen LogP contribution in [0.5, 0.6) is 0 Å². The minimum atomic E-state index is -0.00498. The van der Waals surface area contributed by atoms with Gasteiger partial charge in [0.1, 0.15) is 0 Å². The van der Waals surface area contributed by atoms with E-state index >= 15 is 0 Å². The van der Waals surface area contributed by atoms with Gasteiger partial charge in [0.05, 0.1) is 11.9 Å². The Morgan fingerprint density at radius 3 is 2.88 bits per heavy atom. The molecular formula is C13H21N3O. The molecule has 0 bridgehead atoms. The van der Waals surface area contributed by atoms with Gasteiger partial charge in [-0.3, -0.25) is 4.79 Å². The van der Waals surface area contributed by atoms with Gasteiger partial charge in [0.2, 0.25) is 0 Å². The summed E-state index contributed by atoms with van der Waals surface area (Å²) in [6.07, 6.45) is 6.53. The van der Waals surface area contributed by atoms with Gasteiger partial charge in [0, 0.05) is 18.7 Å². The molecule has 4 nitrogen and oxygen atoms in total. The maximum atomic E-state index is 11.8. The largest absolute Gasteiger partial charge is 0.381 e. The predicted molar refractivity (Wildman–Crippen MR) is 69.2 cm³/mol. The Morgan fingerprint density at radius 1 is 1.59 bits per heavy atom. The fourth-order valence-electron chi connectivity index (χ4n) is 1.86. The van der Waals surface area contributed by atoms with E-state index in [-0.39, 0.29) is 5.56 Å². The smallest absolute Gasteiger partial charge is 0.268 e. The molecule has 0 radical (unpaired) electrons. The van der Waals surface area contributed by atoms with Crippen molar-refractivity contribution in [2.45, 2.75) is 52.1 Å². The summed E-state index contributed by atoms with van der Waals surface area (Å²) in [6.45, 7) is 4.97. The first-order valence-electron chi connectivity index (χ1n) is 6.52. The van der Waals surface area contributed by atoms with Crippen LogP contribution < -0.4 is 10.9 Å². The van der Waals surface area contributed by atoms with E-state index in [1.165, 1.54) is 19.3 Å². The van der Waals surface area contributed by atoms with Gasteiger partial charge in [-0.1, -0.05) is 20.3 Å². The second kappa shape index (κ2) is 5.34. The summed E-state index contributed by atoms with van der Waals surface area (Å²) >= 11 is 0. The van der Waals surface area contributed by atoms with Crippen molar-refractivity contribution in [2.24, 2.45) is 5.92 Å². The average Bonchev–Trinajstić information content (AvgIpc) is 2.27. The summed E-state index contributed by atoms with van der Waals surface area (Å²) < 4.78 is 1.56. The van der Waals surface area contributed by atoms with Crippen molar-refractivity contribution in [3.63, 3.8) is 0 Å². The van der Waals surface area contributed by atoms with Crippen molar-refractivity contribution in [2.75, 3.05) is 5.32 Å². The zero-order valence-corrected chi connectivity index (χ0v) is 10.6. The van der Waals surface area contributed by atoms with Gasteiger partial charge in [-0.2, -0.15) is 5.10 Å². The molecule has 1 heterocycles. The number of rotatable bonds is 5. The molecule has 1 unspecified atom stereocenters. The molecule has 1 aliphatic rings. The first-order chi connectivity index (χ1) is 8.19. The number of nitrogens with zero attached hydrogens (tertiary/aromatic N) is 2. The highest BCUT2D eigenvalue weighted by molar-refractivity contribution is 5.40. The van der Waals surface area contributed by atoms with E-state index in [4.69, 9.17) is 0 Å². The molecule has 1 aromatic heterocycles. The Hall–Kier alpha value is -1.32. The van der Waals surface area contributed by atoms with Gasteiger partial charge in [0.15, 0.2) is 0 Å². The number of anilines is 1. The van der Waals surface area contributed by atoms with Gasteiger partial charge in [-0.25, -0.2) is 4.68 Å². The lowest BCUT2D eigenvalue weighted by Crippen LogP contribution is -2.30. The second-order valence-electron chi connectivity index (χ2n) is 5.05. The van der Waals surface area contributed by atoms with E-state index in [9.17, 15) is 4.79 Å². The first-order valence-corrected chi connectivity index (χ1v) is 6.52. The van der Waals surface area contributed by atoms with Crippen LogP contribution in [-0.4, -0.2) is 15.8 Å². The van der Waals surface area contributed by atoms with Crippen LogP contribution in [0.3, 0.4) is 0 Å². The average molecular weight is 235 g/mol. The molecule has 1 saturated carbocycles. The highest BCUT2D eigenvalue weighted by Crippen LogP contribution is 2.22. The molecule has 4 heteroatoms. The Bertz CT molecular complexity index is 423. The molecule has 0 aliphatic heterocycles. The van der Waals surface area contributed by atoms with E-state index in [0.717, 1.165) is 12.1 Å². The predicted octanol–water partition coefficient (Wildman–Crippen LogP) is 2.25. The minimum absolute atomic E-state index is 0.00498. The summed E-state index contributed by atoms with van der Waals surface area (Å²) in [7, 11) is 0. The first kappa shape index (κ1) is 12.1. The molecule has 0 aromatic carbocycles. The van der Waals surface area contributed by atoms with E-state index in [2.05, 4.69) is 24.3 Å². The lowest BCUT2D eigenvalue weighted by Gasteiger charge is -2.27. The topological polar surface area (TPSA) is 46.9 Å². The summed E-state index contributed by atoms with van der Waals surface area (Å²) in [4.78, 5) is 11.8. The summed E-state index contributed by atoms with van der Waals surface area (Å²) in [5, 5.41) is 7.56.